The van der Waals surface area contributed by atoms with Crippen LogP contribution in [0.4, 0.5) is 39.5 Å². The Kier molecular flexibility index (Phi) is 3.14. The molecule has 1 saturated carbocycles. The molecule has 10 heteroatoms. The average molecular weight is 289 g/mol. The van der Waals surface area contributed by atoms with E-state index in [-0.39, 0.29) is 0 Å². The van der Waals surface area contributed by atoms with Gasteiger partial charge >= 0.3 is 18.0 Å². The molecular weight excluding hydrogens is 281 g/mol. The van der Waals surface area contributed by atoms with Gasteiger partial charge in [-0.1, -0.05) is 0 Å². The van der Waals surface area contributed by atoms with Crippen molar-refractivity contribution in [2.75, 3.05) is 6.54 Å². The van der Waals surface area contributed by atoms with Crippen LogP contribution in [0.15, 0.2) is 0 Å². The number of hydrogen-bond donors (Lipinski definition) is 1. The van der Waals surface area contributed by atoms with Crippen LogP contribution >= 0.6 is 0 Å². The Balaban J connectivity index is 3.14. The third-order valence-electron chi connectivity index (χ3n) is 3.00. The summed E-state index contributed by atoms with van der Waals surface area (Å²) >= 11 is 0. The number of halogens is 9. The van der Waals surface area contributed by atoms with Gasteiger partial charge in [-0.15, -0.1) is 0 Å². The van der Waals surface area contributed by atoms with Gasteiger partial charge < -0.3 is 5.73 Å². The fraction of sp³-hybridized carbons (Fsp3) is 1.00. The van der Waals surface area contributed by atoms with Crippen molar-refractivity contribution in [1.29, 1.82) is 0 Å². The fourth-order valence-corrected chi connectivity index (χ4v) is 1.94. The lowest BCUT2D eigenvalue weighted by Crippen LogP contribution is -2.69. The van der Waals surface area contributed by atoms with Crippen molar-refractivity contribution < 1.29 is 39.5 Å². The van der Waals surface area contributed by atoms with Gasteiger partial charge in [0.1, 0.15) is 0 Å². The van der Waals surface area contributed by atoms with Gasteiger partial charge in [0.25, 0.3) is 0 Å². The van der Waals surface area contributed by atoms with Crippen LogP contribution in [0.3, 0.4) is 0 Å². The molecule has 1 aliphatic carbocycles. The molecule has 1 aliphatic rings. The van der Waals surface area contributed by atoms with Gasteiger partial charge in [-0.25, -0.2) is 8.78 Å². The molecule has 1 nitrogen and oxygen atoms in total. The minimum Gasteiger partial charge on any atom is -0.330 e. The SMILES string of the molecule is NCC1(C(F)(F)C(F)(F)C(F)(F)F)CC(F)(F)C1. The summed E-state index contributed by atoms with van der Waals surface area (Å²) in [5, 5.41) is 0. The molecule has 2 N–H and O–H groups in total. The zero-order valence-electron chi connectivity index (χ0n) is 8.60. The van der Waals surface area contributed by atoms with Crippen molar-refractivity contribution in [2.24, 2.45) is 11.1 Å². The molecule has 0 bridgehead atoms. The first-order valence-corrected chi connectivity index (χ1v) is 4.63. The Morgan fingerprint density at radius 1 is 0.889 bits per heavy atom. The van der Waals surface area contributed by atoms with Gasteiger partial charge in [-0.3, -0.25) is 0 Å². The van der Waals surface area contributed by atoms with E-state index in [1.807, 2.05) is 0 Å². The van der Waals surface area contributed by atoms with Crippen molar-refractivity contribution in [3.8, 4) is 0 Å². The van der Waals surface area contributed by atoms with E-state index >= 15 is 0 Å². The Morgan fingerprint density at radius 3 is 1.50 bits per heavy atom. The summed E-state index contributed by atoms with van der Waals surface area (Å²) in [7, 11) is 0. The number of alkyl halides is 9. The standard InChI is InChI=1S/C8H8F9N/c9-5(10)1-4(2-5,3-18)6(11,12)7(13,14)8(15,16)17/h1-3,18H2. The molecule has 0 heterocycles. The van der Waals surface area contributed by atoms with Crippen molar-refractivity contribution in [3.05, 3.63) is 0 Å². The van der Waals surface area contributed by atoms with E-state index in [4.69, 9.17) is 5.73 Å². The third-order valence-corrected chi connectivity index (χ3v) is 3.00. The van der Waals surface area contributed by atoms with E-state index in [9.17, 15) is 39.5 Å². The molecule has 18 heavy (non-hydrogen) atoms. The Hall–Kier alpha value is -0.670. The van der Waals surface area contributed by atoms with Gasteiger partial charge in [0.05, 0.1) is 5.41 Å². The minimum absolute atomic E-state index is 1.39. The lowest BCUT2D eigenvalue weighted by molar-refractivity contribution is -0.400. The quantitative estimate of drug-likeness (QED) is 0.793. The molecule has 1 rings (SSSR count). The molecule has 0 aromatic rings. The van der Waals surface area contributed by atoms with Crippen molar-refractivity contribution in [1.82, 2.24) is 0 Å². The van der Waals surface area contributed by atoms with Crippen LogP contribution in [0.2, 0.25) is 0 Å². The summed E-state index contributed by atoms with van der Waals surface area (Å²) in [4.78, 5) is 0. The summed E-state index contributed by atoms with van der Waals surface area (Å²) in [5.41, 5.74) is 1.46. The molecule has 0 radical (unpaired) electrons. The van der Waals surface area contributed by atoms with Crippen LogP contribution in [-0.4, -0.2) is 30.5 Å². The smallest absolute Gasteiger partial charge is 0.330 e. The Labute approximate surface area is 95.1 Å². The van der Waals surface area contributed by atoms with Crippen LogP contribution in [0, 0.1) is 5.41 Å². The molecule has 0 saturated heterocycles. The van der Waals surface area contributed by atoms with Crippen LogP contribution < -0.4 is 5.73 Å². The fourth-order valence-electron chi connectivity index (χ4n) is 1.94. The Morgan fingerprint density at radius 2 is 1.28 bits per heavy atom. The third kappa shape index (κ3) is 1.84. The highest BCUT2D eigenvalue weighted by molar-refractivity contribution is 5.13. The van der Waals surface area contributed by atoms with Gasteiger partial charge in [0.15, 0.2) is 0 Å². The molecule has 1 fully saturated rings. The number of nitrogens with two attached hydrogens (primary N) is 1. The minimum atomic E-state index is -6.54. The highest BCUT2D eigenvalue weighted by Gasteiger charge is 2.83. The second-order valence-corrected chi connectivity index (χ2v) is 4.34. The predicted octanol–water partition coefficient (Wildman–Crippen LogP) is 3.19. The van der Waals surface area contributed by atoms with Crippen LogP contribution in [-0.2, 0) is 0 Å². The molecule has 0 unspecified atom stereocenters. The monoisotopic (exact) mass is 289 g/mol. The van der Waals surface area contributed by atoms with Crippen molar-refractivity contribution >= 4 is 0 Å². The second-order valence-electron chi connectivity index (χ2n) is 4.34. The highest BCUT2D eigenvalue weighted by atomic mass is 19.4. The van der Waals surface area contributed by atoms with E-state index in [1.54, 1.807) is 0 Å². The van der Waals surface area contributed by atoms with Crippen molar-refractivity contribution in [2.45, 2.75) is 36.8 Å². The summed E-state index contributed by atoms with van der Waals surface area (Å²) < 4.78 is 113. The maximum absolute atomic E-state index is 13.3. The maximum atomic E-state index is 13.3. The molecule has 0 aliphatic heterocycles. The van der Waals surface area contributed by atoms with E-state index < -0.39 is 48.7 Å². The maximum Gasteiger partial charge on any atom is 0.459 e. The topological polar surface area (TPSA) is 26.0 Å². The first kappa shape index (κ1) is 15.4. The summed E-state index contributed by atoms with van der Waals surface area (Å²) in [6.45, 7) is -1.39. The van der Waals surface area contributed by atoms with Gasteiger partial charge in [0.2, 0.25) is 5.92 Å². The predicted molar refractivity (Wildman–Crippen MR) is 41.6 cm³/mol. The van der Waals surface area contributed by atoms with Gasteiger partial charge in [0, 0.05) is 19.4 Å². The van der Waals surface area contributed by atoms with Crippen LogP contribution in [0.25, 0.3) is 0 Å². The van der Waals surface area contributed by atoms with E-state index in [1.165, 1.54) is 0 Å². The van der Waals surface area contributed by atoms with Crippen LogP contribution in [0.5, 0.6) is 0 Å². The lowest BCUT2D eigenvalue weighted by atomic mass is 9.60. The molecule has 0 spiro atoms. The second kappa shape index (κ2) is 3.67. The molecule has 108 valence electrons. The summed E-state index contributed by atoms with van der Waals surface area (Å²) in [6, 6.07) is 0. The normalized spacial score (nSPS) is 23.7. The van der Waals surface area contributed by atoms with Gasteiger partial charge in [-0.05, 0) is 0 Å². The van der Waals surface area contributed by atoms with E-state index in [0.29, 0.717) is 0 Å². The molecule has 0 amide bonds. The number of rotatable bonds is 3. The molecule has 0 atom stereocenters. The Bertz CT molecular complexity index is 324. The first-order chi connectivity index (χ1) is 7.72. The van der Waals surface area contributed by atoms with E-state index in [0.717, 1.165) is 0 Å². The zero-order valence-corrected chi connectivity index (χ0v) is 8.60. The summed E-state index contributed by atoms with van der Waals surface area (Å²) in [6.07, 6.45) is -10.1. The largest absolute Gasteiger partial charge is 0.459 e. The van der Waals surface area contributed by atoms with E-state index in [2.05, 4.69) is 0 Å². The zero-order chi connectivity index (χ0) is 14.6. The average Bonchev–Trinajstić information content (AvgIpc) is 2.10. The number of hydrogen-bond acceptors (Lipinski definition) is 1. The molecule has 0 aromatic heterocycles. The molecule has 0 aromatic carbocycles. The summed E-state index contributed by atoms with van der Waals surface area (Å²) in [5.74, 6) is -15.8. The highest BCUT2D eigenvalue weighted by Crippen LogP contribution is 2.65. The lowest BCUT2D eigenvalue weighted by Gasteiger charge is -2.52. The van der Waals surface area contributed by atoms with Gasteiger partial charge in [-0.2, -0.15) is 30.7 Å². The molecular formula is C8H8F9N. The first-order valence-electron chi connectivity index (χ1n) is 4.63. The van der Waals surface area contributed by atoms with Crippen LogP contribution in [0.1, 0.15) is 12.8 Å². The van der Waals surface area contributed by atoms with Crippen molar-refractivity contribution in [3.63, 3.8) is 0 Å².